The van der Waals surface area contributed by atoms with Gasteiger partial charge in [0, 0.05) is 18.9 Å². The fraction of sp³-hybridized carbons (Fsp3) is 0.727. The van der Waals surface area contributed by atoms with Crippen LogP contribution in [0.15, 0.2) is 10.6 Å². The highest BCUT2D eigenvalue weighted by Gasteiger charge is 2.14. The number of nitrogens with zero attached hydrogens (tertiary/aromatic N) is 1. The topological polar surface area (TPSA) is 38.1 Å². The third-order valence-corrected chi connectivity index (χ3v) is 2.61. The van der Waals surface area contributed by atoms with Crippen LogP contribution in [0.2, 0.25) is 0 Å². The molecule has 3 heteroatoms. The zero-order chi connectivity index (χ0) is 10.6. The third kappa shape index (κ3) is 2.84. The Hall–Kier alpha value is -0.830. The molecule has 1 rings (SSSR count). The summed E-state index contributed by atoms with van der Waals surface area (Å²) in [6.07, 6.45) is 2.72. The van der Waals surface area contributed by atoms with Crippen molar-refractivity contribution >= 4 is 0 Å². The first-order chi connectivity index (χ1) is 6.65. The zero-order valence-electron chi connectivity index (χ0n) is 9.50. The molecule has 0 saturated carbocycles. The van der Waals surface area contributed by atoms with Gasteiger partial charge in [0.25, 0.3) is 0 Å². The lowest BCUT2D eigenvalue weighted by Gasteiger charge is -2.11. The standard InChI is InChI=1S/C11H20N2O/c1-8(2)9(3)10-7-13-11(14-10)5-6-12-4/h7-9,12H,5-6H2,1-4H3. The summed E-state index contributed by atoms with van der Waals surface area (Å²) in [5.41, 5.74) is 0. The van der Waals surface area contributed by atoms with Crippen LogP contribution in [-0.2, 0) is 6.42 Å². The molecule has 1 heterocycles. The van der Waals surface area contributed by atoms with E-state index >= 15 is 0 Å². The number of nitrogens with one attached hydrogen (secondary N) is 1. The quantitative estimate of drug-likeness (QED) is 0.784. The van der Waals surface area contributed by atoms with Crippen LogP contribution in [0, 0.1) is 5.92 Å². The van der Waals surface area contributed by atoms with Crippen molar-refractivity contribution in [3.8, 4) is 0 Å². The van der Waals surface area contributed by atoms with Crippen molar-refractivity contribution < 1.29 is 4.42 Å². The third-order valence-electron chi connectivity index (χ3n) is 2.61. The summed E-state index contributed by atoms with van der Waals surface area (Å²) in [5, 5.41) is 3.08. The number of oxazole rings is 1. The van der Waals surface area contributed by atoms with Crippen LogP contribution in [0.3, 0.4) is 0 Å². The van der Waals surface area contributed by atoms with Crippen LogP contribution in [0.5, 0.6) is 0 Å². The molecule has 0 amide bonds. The maximum atomic E-state index is 5.66. The lowest BCUT2D eigenvalue weighted by molar-refractivity contribution is 0.389. The molecule has 0 bridgehead atoms. The minimum absolute atomic E-state index is 0.450. The van der Waals surface area contributed by atoms with Gasteiger partial charge < -0.3 is 9.73 Å². The van der Waals surface area contributed by atoms with Crippen LogP contribution in [0.1, 0.15) is 38.3 Å². The van der Waals surface area contributed by atoms with E-state index in [-0.39, 0.29) is 0 Å². The monoisotopic (exact) mass is 196 g/mol. The van der Waals surface area contributed by atoms with Gasteiger partial charge >= 0.3 is 0 Å². The van der Waals surface area contributed by atoms with Crippen molar-refractivity contribution in [3.05, 3.63) is 17.8 Å². The molecule has 1 N–H and O–H groups in total. The van der Waals surface area contributed by atoms with Gasteiger partial charge in [0.2, 0.25) is 0 Å². The Morgan fingerprint density at radius 2 is 2.14 bits per heavy atom. The molecule has 14 heavy (non-hydrogen) atoms. The Balaban J connectivity index is 2.58. The van der Waals surface area contributed by atoms with Gasteiger partial charge in [0.1, 0.15) is 5.76 Å². The predicted molar refractivity (Wildman–Crippen MR) is 57.4 cm³/mol. The first kappa shape index (κ1) is 11.2. The molecule has 0 spiro atoms. The molecule has 3 nitrogen and oxygen atoms in total. The minimum Gasteiger partial charge on any atom is -0.445 e. The molecule has 0 radical (unpaired) electrons. The molecule has 80 valence electrons. The second kappa shape index (κ2) is 5.15. The Morgan fingerprint density at radius 3 is 2.71 bits per heavy atom. The highest BCUT2D eigenvalue weighted by molar-refractivity contribution is 5.01. The lowest BCUT2D eigenvalue weighted by Crippen LogP contribution is -2.10. The van der Waals surface area contributed by atoms with E-state index in [1.54, 1.807) is 0 Å². The lowest BCUT2D eigenvalue weighted by atomic mass is 9.96. The number of rotatable bonds is 5. The minimum atomic E-state index is 0.450. The molecule has 1 atom stereocenters. The molecule has 0 saturated heterocycles. The van der Waals surface area contributed by atoms with Crippen molar-refractivity contribution in [1.82, 2.24) is 10.3 Å². The Bertz CT molecular complexity index is 268. The van der Waals surface area contributed by atoms with E-state index in [1.807, 2.05) is 13.2 Å². The molecule has 1 unspecified atom stereocenters. The number of hydrogen-bond acceptors (Lipinski definition) is 3. The molecule has 0 aliphatic rings. The largest absolute Gasteiger partial charge is 0.445 e. The van der Waals surface area contributed by atoms with E-state index in [9.17, 15) is 0 Å². The Morgan fingerprint density at radius 1 is 1.43 bits per heavy atom. The van der Waals surface area contributed by atoms with Crippen LogP contribution in [0.25, 0.3) is 0 Å². The summed E-state index contributed by atoms with van der Waals surface area (Å²) in [4.78, 5) is 4.25. The molecular weight excluding hydrogens is 176 g/mol. The fourth-order valence-corrected chi connectivity index (χ4v) is 1.21. The maximum Gasteiger partial charge on any atom is 0.195 e. The molecule has 0 aliphatic heterocycles. The zero-order valence-corrected chi connectivity index (χ0v) is 9.50. The van der Waals surface area contributed by atoms with E-state index in [4.69, 9.17) is 4.42 Å². The molecule has 0 fully saturated rings. The van der Waals surface area contributed by atoms with Crippen molar-refractivity contribution in [3.63, 3.8) is 0 Å². The molecule has 1 aromatic heterocycles. The van der Waals surface area contributed by atoms with E-state index in [0.29, 0.717) is 11.8 Å². The van der Waals surface area contributed by atoms with Crippen LogP contribution < -0.4 is 5.32 Å². The SMILES string of the molecule is CNCCc1ncc(C(C)C(C)C)o1. The Labute approximate surface area is 85.9 Å². The first-order valence-electron chi connectivity index (χ1n) is 5.24. The molecule has 0 aliphatic carbocycles. The number of aromatic nitrogens is 1. The van der Waals surface area contributed by atoms with Gasteiger partial charge in [-0.05, 0) is 13.0 Å². The highest BCUT2D eigenvalue weighted by atomic mass is 16.4. The van der Waals surface area contributed by atoms with Gasteiger partial charge in [-0.1, -0.05) is 20.8 Å². The van der Waals surface area contributed by atoms with Gasteiger partial charge in [-0.25, -0.2) is 4.98 Å². The Kier molecular flexibility index (Phi) is 4.14. The van der Waals surface area contributed by atoms with Crippen molar-refractivity contribution in [2.45, 2.75) is 33.1 Å². The first-order valence-corrected chi connectivity index (χ1v) is 5.24. The van der Waals surface area contributed by atoms with Gasteiger partial charge in [-0.2, -0.15) is 0 Å². The van der Waals surface area contributed by atoms with Crippen LogP contribution in [-0.4, -0.2) is 18.6 Å². The van der Waals surface area contributed by atoms with Gasteiger partial charge in [-0.3, -0.25) is 0 Å². The van der Waals surface area contributed by atoms with Crippen molar-refractivity contribution in [2.75, 3.05) is 13.6 Å². The van der Waals surface area contributed by atoms with E-state index in [2.05, 4.69) is 31.1 Å². The summed E-state index contributed by atoms with van der Waals surface area (Å²) in [7, 11) is 1.93. The second-order valence-electron chi connectivity index (χ2n) is 4.04. The smallest absolute Gasteiger partial charge is 0.195 e. The van der Waals surface area contributed by atoms with Crippen molar-refractivity contribution in [2.24, 2.45) is 5.92 Å². The van der Waals surface area contributed by atoms with Gasteiger partial charge in [0.05, 0.1) is 6.20 Å². The summed E-state index contributed by atoms with van der Waals surface area (Å²) in [6, 6.07) is 0. The van der Waals surface area contributed by atoms with Crippen LogP contribution >= 0.6 is 0 Å². The molecular formula is C11H20N2O. The normalized spacial score (nSPS) is 13.5. The van der Waals surface area contributed by atoms with E-state index < -0.39 is 0 Å². The van der Waals surface area contributed by atoms with E-state index in [0.717, 1.165) is 24.6 Å². The number of hydrogen-bond donors (Lipinski definition) is 1. The maximum absolute atomic E-state index is 5.66. The summed E-state index contributed by atoms with van der Waals surface area (Å²) in [5.74, 6) is 2.89. The summed E-state index contributed by atoms with van der Waals surface area (Å²) < 4.78 is 5.66. The van der Waals surface area contributed by atoms with Gasteiger partial charge in [0.15, 0.2) is 5.89 Å². The summed E-state index contributed by atoms with van der Waals surface area (Å²) >= 11 is 0. The average molecular weight is 196 g/mol. The van der Waals surface area contributed by atoms with Crippen LogP contribution in [0.4, 0.5) is 0 Å². The van der Waals surface area contributed by atoms with E-state index in [1.165, 1.54) is 0 Å². The fourth-order valence-electron chi connectivity index (χ4n) is 1.21. The molecule has 1 aromatic rings. The number of likely N-dealkylation sites (N-methyl/N-ethyl adjacent to an activating group) is 1. The summed E-state index contributed by atoms with van der Waals surface area (Å²) in [6.45, 7) is 7.48. The van der Waals surface area contributed by atoms with Crippen molar-refractivity contribution in [1.29, 1.82) is 0 Å². The molecule has 0 aromatic carbocycles. The average Bonchev–Trinajstić information content (AvgIpc) is 2.61. The predicted octanol–water partition coefficient (Wildman–Crippen LogP) is 2.20. The highest BCUT2D eigenvalue weighted by Crippen LogP contribution is 2.23. The second-order valence-corrected chi connectivity index (χ2v) is 4.04. The van der Waals surface area contributed by atoms with Gasteiger partial charge in [-0.15, -0.1) is 0 Å².